The fourth-order valence-electron chi connectivity index (χ4n) is 8.39. The van der Waals surface area contributed by atoms with Gasteiger partial charge in [0.05, 0.1) is 5.92 Å². The van der Waals surface area contributed by atoms with Crippen LogP contribution in [-0.2, 0) is 0 Å². The minimum atomic E-state index is -0.117. The molecule has 3 heterocycles. The zero-order valence-electron chi connectivity index (χ0n) is 28.1. The van der Waals surface area contributed by atoms with Crippen molar-refractivity contribution >= 4 is 32.7 Å². The van der Waals surface area contributed by atoms with Gasteiger partial charge in [-0.2, -0.15) is 0 Å². The van der Waals surface area contributed by atoms with E-state index in [0.717, 1.165) is 44.4 Å². The van der Waals surface area contributed by atoms with E-state index in [1.807, 2.05) is 18.2 Å². The van der Waals surface area contributed by atoms with Gasteiger partial charge in [-0.25, -0.2) is 15.0 Å². The Hall–Kier alpha value is -6.59. The summed E-state index contributed by atoms with van der Waals surface area (Å²) >= 11 is 0. The Morgan fingerprint density at radius 3 is 2.08 bits per heavy atom. The minimum absolute atomic E-state index is 0.0282. The molecular formula is C47H31N3O2. The van der Waals surface area contributed by atoms with Crippen LogP contribution in [0.25, 0.3) is 55.5 Å². The normalized spacial score (nSPS) is 20.7. The third kappa shape index (κ3) is 4.59. The summed E-state index contributed by atoms with van der Waals surface area (Å²) in [6.07, 6.45) is 12.9. The first kappa shape index (κ1) is 29.2. The number of hydrogen-bond acceptors (Lipinski definition) is 5. The third-order valence-corrected chi connectivity index (χ3v) is 10.9. The second-order valence-corrected chi connectivity index (χ2v) is 13.8. The molecule has 7 aromatic rings. The number of aromatic nitrogens is 3. The SMILES string of the molecule is C1=CC2Oc3ccccc3C2C(c2ccc(-c3nc(C4=CC5Oc6ccccc6C5C=C4)nc(-c4ccc5ccccc5c4)n3)c3ccccc23)=C1. The molecule has 4 atom stereocenters. The topological polar surface area (TPSA) is 57.1 Å². The van der Waals surface area contributed by atoms with E-state index in [2.05, 4.69) is 146 Å². The van der Waals surface area contributed by atoms with Gasteiger partial charge in [-0.3, -0.25) is 0 Å². The molecule has 0 amide bonds. The number of para-hydroxylation sites is 2. The Morgan fingerprint density at radius 2 is 1.19 bits per heavy atom. The van der Waals surface area contributed by atoms with Crippen molar-refractivity contribution in [2.75, 3.05) is 0 Å². The van der Waals surface area contributed by atoms with Crippen molar-refractivity contribution in [1.82, 2.24) is 15.0 Å². The van der Waals surface area contributed by atoms with E-state index < -0.39 is 0 Å². The van der Waals surface area contributed by atoms with E-state index in [9.17, 15) is 0 Å². The van der Waals surface area contributed by atoms with Crippen LogP contribution < -0.4 is 9.47 Å². The van der Waals surface area contributed by atoms with Gasteiger partial charge in [-0.15, -0.1) is 0 Å². The maximum Gasteiger partial charge on any atom is 0.164 e. The first-order valence-corrected chi connectivity index (χ1v) is 17.8. The monoisotopic (exact) mass is 669 g/mol. The predicted octanol–water partition coefficient (Wildman–Crippen LogP) is 10.5. The molecule has 52 heavy (non-hydrogen) atoms. The van der Waals surface area contributed by atoms with Crippen molar-refractivity contribution in [3.63, 3.8) is 0 Å². The summed E-state index contributed by atoms with van der Waals surface area (Å²) in [4.78, 5) is 15.5. The van der Waals surface area contributed by atoms with Gasteiger partial charge in [-0.1, -0.05) is 127 Å². The standard InChI is InChI=1S/C47H31N3O2/c1-2-11-29-26-30(21-20-28(29)10-1)45-48-46(31-22-23-36-35-14-5-7-17-40(35)52-43(36)27-31)50-47(49-45)38-25-24-34(32-12-3-4-13-33(32)38)37-16-9-19-42-44(37)39-15-6-8-18-41(39)51-42/h1-27,36,42-44H. The highest BCUT2D eigenvalue weighted by Gasteiger charge is 2.38. The number of nitrogens with zero attached hydrogens (tertiary/aromatic N) is 3. The molecule has 0 saturated heterocycles. The van der Waals surface area contributed by atoms with Crippen LogP contribution in [0.2, 0.25) is 0 Å². The van der Waals surface area contributed by atoms with Gasteiger partial charge in [0.2, 0.25) is 0 Å². The molecule has 2 aliphatic carbocycles. The van der Waals surface area contributed by atoms with Gasteiger partial charge >= 0.3 is 0 Å². The highest BCUT2D eigenvalue weighted by Crippen LogP contribution is 2.49. The number of ether oxygens (including phenoxy) is 2. The van der Waals surface area contributed by atoms with E-state index in [1.165, 1.54) is 27.6 Å². The van der Waals surface area contributed by atoms with Crippen LogP contribution in [0.15, 0.2) is 164 Å². The molecule has 4 aliphatic rings. The van der Waals surface area contributed by atoms with Gasteiger partial charge in [0.25, 0.3) is 0 Å². The molecule has 0 bridgehead atoms. The van der Waals surface area contributed by atoms with Crippen LogP contribution in [-0.4, -0.2) is 27.2 Å². The molecule has 1 aromatic heterocycles. The van der Waals surface area contributed by atoms with E-state index in [4.69, 9.17) is 24.4 Å². The van der Waals surface area contributed by atoms with Crippen molar-refractivity contribution in [3.8, 4) is 34.3 Å². The second-order valence-electron chi connectivity index (χ2n) is 13.8. The zero-order valence-corrected chi connectivity index (χ0v) is 28.1. The summed E-state index contributed by atoms with van der Waals surface area (Å²) in [6.45, 7) is 0. The molecule has 0 fully saturated rings. The van der Waals surface area contributed by atoms with E-state index >= 15 is 0 Å². The molecule has 4 unspecified atom stereocenters. The van der Waals surface area contributed by atoms with Crippen molar-refractivity contribution in [2.24, 2.45) is 0 Å². The quantitative estimate of drug-likeness (QED) is 0.187. The van der Waals surface area contributed by atoms with Crippen LogP contribution in [0.3, 0.4) is 0 Å². The Labute approximate surface area is 301 Å². The van der Waals surface area contributed by atoms with E-state index in [1.54, 1.807) is 0 Å². The lowest BCUT2D eigenvalue weighted by Crippen LogP contribution is -2.19. The lowest BCUT2D eigenvalue weighted by atomic mass is 9.79. The van der Waals surface area contributed by atoms with Crippen LogP contribution in [0.1, 0.15) is 34.4 Å². The molecular weight excluding hydrogens is 639 g/mol. The Balaban J connectivity index is 1.07. The molecule has 2 aliphatic heterocycles. The number of benzene rings is 6. The highest BCUT2D eigenvalue weighted by molar-refractivity contribution is 6.03. The number of hydrogen-bond donors (Lipinski definition) is 0. The number of fused-ring (bicyclic) bond motifs is 8. The van der Waals surface area contributed by atoms with Crippen molar-refractivity contribution in [3.05, 3.63) is 186 Å². The molecule has 6 aromatic carbocycles. The second kappa shape index (κ2) is 11.5. The fraction of sp³-hybridized carbons (Fsp3) is 0.0851. The molecule has 5 heteroatoms. The number of allylic oxidation sites excluding steroid dienone is 4. The molecule has 0 spiro atoms. The average Bonchev–Trinajstić information content (AvgIpc) is 3.78. The maximum absolute atomic E-state index is 6.40. The molecule has 5 nitrogen and oxygen atoms in total. The summed E-state index contributed by atoms with van der Waals surface area (Å²) in [6, 6.07) is 44.5. The Bertz CT molecular complexity index is 2740. The third-order valence-electron chi connectivity index (χ3n) is 10.9. The van der Waals surface area contributed by atoms with E-state index in [-0.39, 0.29) is 24.0 Å². The van der Waals surface area contributed by atoms with Gasteiger partial charge in [0.1, 0.15) is 23.7 Å². The fourth-order valence-corrected chi connectivity index (χ4v) is 8.39. The van der Waals surface area contributed by atoms with Gasteiger partial charge in [0.15, 0.2) is 17.5 Å². The smallest absolute Gasteiger partial charge is 0.164 e. The Morgan fingerprint density at radius 1 is 0.519 bits per heavy atom. The zero-order chi connectivity index (χ0) is 34.2. The van der Waals surface area contributed by atoms with Crippen molar-refractivity contribution in [1.29, 1.82) is 0 Å². The van der Waals surface area contributed by atoms with Crippen molar-refractivity contribution in [2.45, 2.75) is 24.0 Å². The van der Waals surface area contributed by atoms with E-state index in [0.29, 0.717) is 17.5 Å². The van der Waals surface area contributed by atoms with Crippen LogP contribution >= 0.6 is 0 Å². The van der Waals surface area contributed by atoms with Gasteiger partial charge in [-0.05, 0) is 69.1 Å². The molecule has 0 N–H and O–H groups in total. The summed E-state index contributed by atoms with van der Waals surface area (Å²) in [7, 11) is 0. The minimum Gasteiger partial charge on any atom is -0.485 e. The number of rotatable bonds is 4. The van der Waals surface area contributed by atoms with Crippen LogP contribution in [0.5, 0.6) is 11.5 Å². The highest BCUT2D eigenvalue weighted by atomic mass is 16.5. The Kier molecular flexibility index (Phi) is 6.44. The predicted molar refractivity (Wildman–Crippen MR) is 207 cm³/mol. The molecule has 0 saturated carbocycles. The van der Waals surface area contributed by atoms with Crippen LogP contribution in [0, 0.1) is 0 Å². The van der Waals surface area contributed by atoms with Gasteiger partial charge < -0.3 is 9.47 Å². The first-order valence-electron chi connectivity index (χ1n) is 17.8. The summed E-state index contributed by atoms with van der Waals surface area (Å²) in [5.41, 5.74) is 7.69. The molecule has 0 radical (unpaired) electrons. The summed E-state index contributed by atoms with van der Waals surface area (Å²) in [5.74, 6) is 4.07. The van der Waals surface area contributed by atoms with Crippen molar-refractivity contribution < 1.29 is 9.47 Å². The summed E-state index contributed by atoms with van der Waals surface area (Å²) in [5, 5.41) is 4.55. The first-order chi connectivity index (χ1) is 25.7. The van der Waals surface area contributed by atoms with Gasteiger partial charge in [0, 0.05) is 33.7 Å². The largest absolute Gasteiger partial charge is 0.485 e. The maximum atomic E-state index is 6.40. The lowest BCUT2D eigenvalue weighted by Gasteiger charge is -2.24. The molecule has 246 valence electrons. The average molecular weight is 670 g/mol. The summed E-state index contributed by atoms with van der Waals surface area (Å²) < 4.78 is 12.8. The molecule has 11 rings (SSSR count). The lowest BCUT2D eigenvalue weighted by molar-refractivity contribution is 0.269. The van der Waals surface area contributed by atoms with Crippen LogP contribution in [0.4, 0.5) is 0 Å².